The average molecular weight is 377 g/mol. The Morgan fingerprint density at radius 2 is 1.70 bits per heavy atom. The number of methoxy groups -OCH3 is 1. The molecule has 23 heavy (non-hydrogen) atoms. The first-order valence-corrected chi connectivity index (χ1v) is 7.87. The summed E-state index contributed by atoms with van der Waals surface area (Å²) < 4.78 is 5.84. The van der Waals surface area contributed by atoms with Crippen LogP contribution in [0.1, 0.15) is 27.6 Å². The minimum absolute atomic E-state index is 0.135. The molecule has 0 aliphatic rings. The number of carbonyl (C=O) groups is 2. The third-order valence-corrected chi connectivity index (χ3v) is 3.78. The maximum atomic E-state index is 12.2. The van der Waals surface area contributed by atoms with E-state index in [9.17, 15) is 9.59 Å². The molecule has 2 aromatic carbocycles. The van der Waals surface area contributed by atoms with E-state index in [0.29, 0.717) is 33.6 Å². The van der Waals surface area contributed by atoms with Gasteiger partial charge in [0.25, 0.3) is 11.8 Å². The Hall–Kier alpha value is -2.34. The lowest BCUT2D eigenvalue weighted by Crippen LogP contribution is -2.22. The number of hydrogen-bond acceptors (Lipinski definition) is 3. The highest BCUT2D eigenvalue weighted by Gasteiger charge is 2.10. The molecule has 0 saturated carbocycles. The van der Waals surface area contributed by atoms with Crippen LogP contribution >= 0.6 is 15.9 Å². The zero-order chi connectivity index (χ0) is 16.8. The third-order valence-electron chi connectivity index (χ3n) is 3.16. The normalized spacial score (nSPS) is 10.0. The molecule has 2 aromatic rings. The predicted octanol–water partition coefficient (Wildman–Crippen LogP) is 3.46. The van der Waals surface area contributed by atoms with Gasteiger partial charge in [-0.2, -0.15) is 0 Å². The zero-order valence-corrected chi connectivity index (χ0v) is 14.4. The fraction of sp³-hybridized carbons (Fsp3) is 0.176. The number of hydrogen-bond donors (Lipinski definition) is 2. The van der Waals surface area contributed by atoms with Gasteiger partial charge in [0.2, 0.25) is 0 Å². The summed E-state index contributed by atoms with van der Waals surface area (Å²) in [6.45, 7) is 2.43. The predicted molar refractivity (Wildman–Crippen MR) is 93.1 cm³/mol. The van der Waals surface area contributed by atoms with E-state index in [1.807, 2.05) is 6.92 Å². The molecule has 5 nitrogen and oxygen atoms in total. The maximum absolute atomic E-state index is 12.2. The highest BCUT2D eigenvalue weighted by molar-refractivity contribution is 9.10. The second-order valence-electron chi connectivity index (χ2n) is 4.74. The molecule has 2 rings (SSSR count). The van der Waals surface area contributed by atoms with Gasteiger partial charge in [0.15, 0.2) is 0 Å². The molecule has 0 bridgehead atoms. The van der Waals surface area contributed by atoms with Gasteiger partial charge in [-0.3, -0.25) is 9.59 Å². The lowest BCUT2D eigenvalue weighted by Gasteiger charge is -2.08. The van der Waals surface area contributed by atoms with Crippen LogP contribution in [0.3, 0.4) is 0 Å². The fourth-order valence-electron chi connectivity index (χ4n) is 1.98. The smallest absolute Gasteiger partial charge is 0.255 e. The van der Waals surface area contributed by atoms with Crippen molar-refractivity contribution in [3.05, 3.63) is 58.1 Å². The summed E-state index contributed by atoms with van der Waals surface area (Å²) in [5.41, 5.74) is 1.68. The van der Waals surface area contributed by atoms with E-state index in [1.54, 1.807) is 49.6 Å². The zero-order valence-electron chi connectivity index (χ0n) is 12.9. The van der Waals surface area contributed by atoms with Crippen LogP contribution in [-0.4, -0.2) is 25.5 Å². The summed E-state index contributed by atoms with van der Waals surface area (Å²) in [5.74, 6) is 0.288. The summed E-state index contributed by atoms with van der Waals surface area (Å²) in [6, 6.07) is 11.8. The van der Waals surface area contributed by atoms with Crippen molar-refractivity contribution in [1.29, 1.82) is 0 Å². The number of amides is 2. The van der Waals surface area contributed by atoms with Crippen LogP contribution in [-0.2, 0) is 0 Å². The van der Waals surface area contributed by atoms with Crippen molar-refractivity contribution in [3.63, 3.8) is 0 Å². The third kappa shape index (κ3) is 4.32. The Kier molecular flexibility index (Phi) is 5.76. The molecule has 0 fully saturated rings. The molecule has 0 aromatic heterocycles. The van der Waals surface area contributed by atoms with Crippen LogP contribution < -0.4 is 15.4 Å². The first-order valence-electron chi connectivity index (χ1n) is 7.08. The first kappa shape index (κ1) is 17.0. The van der Waals surface area contributed by atoms with Gasteiger partial charge in [0.05, 0.1) is 11.6 Å². The molecule has 0 unspecified atom stereocenters. The molecule has 0 aliphatic heterocycles. The SMILES string of the molecule is CCNC(=O)c1ccc(NC(=O)c2ccc(OC)c(Br)c2)cc1. The van der Waals surface area contributed by atoms with Crippen LogP contribution in [0.15, 0.2) is 46.9 Å². The summed E-state index contributed by atoms with van der Waals surface area (Å²) >= 11 is 3.35. The molecule has 0 saturated heterocycles. The van der Waals surface area contributed by atoms with Crippen molar-refractivity contribution >= 4 is 33.4 Å². The van der Waals surface area contributed by atoms with Gasteiger partial charge in [0.1, 0.15) is 5.75 Å². The molecule has 0 radical (unpaired) electrons. The molecule has 2 N–H and O–H groups in total. The van der Waals surface area contributed by atoms with Crippen molar-refractivity contribution in [3.8, 4) is 5.75 Å². The van der Waals surface area contributed by atoms with E-state index < -0.39 is 0 Å². The van der Waals surface area contributed by atoms with Crippen LogP contribution in [0.5, 0.6) is 5.75 Å². The second kappa shape index (κ2) is 7.78. The molecule has 6 heteroatoms. The summed E-state index contributed by atoms with van der Waals surface area (Å²) in [4.78, 5) is 23.9. The van der Waals surface area contributed by atoms with Crippen LogP contribution in [0.2, 0.25) is 0 Å². The molecule has 0 atom stereocenters. The fourth-order valence-corrected chi connectivity index (χ4v) is 2.52. The van der Waals surface area contributed by atoms with Gasteiger partial charge in [-0.05, 0) is 65.3 Å². The number of carbonyl (C=O) groups excluding carboxylic acids is 2. The largest absolute Gasteiger partial charge is 0.496 e. The second-order valence-corrected chi connectivity index (χ2v) is 5.59. The lowest BCUT2D eigenvalue weighted by atomic mass is 10.1. The molecule has 2 amide bonds. The van der Waals surface area contributed by atoms with E-state index in [4.69, 9.17) is 4.74 Å². The van der Waals surface area contributed by atoms with Gasteiger partial charge in [0, 0.05) is 23.4 Å². The molecule has 0 heterocycles. The van der Waals surface area contributed by atoms with Crippen molar-refractivity contribution in [2.45, 2.75) is 6.92 Å². The quantitative estimate of drug-likeness (QED) is 0.839. The lowest BCUT2D eigenvalue weighted by molar-refractivity contribution is 0.0955. The van der Waals surface area contributed by atoms with Crippen LogP contribution in [0, 0.1) is 0 Å². The Morgan fingerprint density at radius 3 is 2.26 bits per heavy atom. The van der Waals surface area contributed by atoms with Crippen molar-refractivity contribution in [1.82, 2.24) is 5.32 Å². The van der Waals surface area contributed by atoms with Crippen LogP contribution in [0.25, 0.3) is 0 Å². The highest BCUT2D eigenvalue weighted by Crippen LogP contribution is 2.25. The standard InChI is InChI=1S/C17H17BrN2O3/c1-3-19-16(21)11-4-7-13(8-5-11)20-17(22)12-6-9-15(23-2)14(18)10-12/h4-10H,3H2,1-2H3,(H,19,21)(H,20,22). The topological polar surface area (TPSA) is 67.4 Å². The number of anilines is 1. The van der Waals surface area contributed by atoms with E-state index in [-0.39, 0.29) is 11.8 Å². The first-order chi connectivity index (χ1) is 11.0. The summed E-state index contributed by atoms with van der Waals surface area (Å²) in [5, 5.41) is 5.51. The molecular formula is C17H17BrN2O3. The maximum Gasteiger partial charge on any atom is 0.255 e. The van der Waals surface area contributed by atoms with E-state index in [1.165, 1.54) is 0 Å². The monoisotopic (exact) mass is 376 g/mol. The van der Waals surface area contributed by atoms with Crippen molar-refractivity contribution < 1.29 is 14.3 Å². The Balaban J connectivity index is 2.08. The van der Waals surface area contributed by atoms with Crippen LogP contribution in [0.4, 0.5) is 5.69 Å². The van der Waals surface area contributed by atoms with E-state index in [2.05, 4.69) is 26.6 Å². The highest BCUT2D eigenvalue weighted by atomic mass is 79.9. The van der Waals surface area contributed by atoms with Crippen molar-refractivity contribution in [2.24, 2.45) is 0 Å². The van der Waals surface area contributed by atoms with Gasteiger partial charge in [-0.1, -0.05) is 0 Å². The number of ether oxygens (including phenoxy) is 1. The van der Waals surface area contributed by atoms with Gasteiger partial charge < -0.3 is 15.4 Å². The van der Waals surface area contributed by atoms with Gasteiger partial charge >= 0.3 is 0 Å². The summed E-state index contributed by atoms with van der Waals surface area (Å²) in [6.07, 6.45) is 0. The number of nitrogens with one attached hydrogen (secondary N) is 2. The van der Waals surface area contributed by atoms with E-state index in [0.717, 1.165) is 0 Å². The molecule has 0 spiro atoms. The number of benzene rings is 2. The Bertz CT molecular complexity index is 714. The minimum atomic E-state index is -0.237. The van der Waals surface area contributed by atoms with Gasteiger partial charge in [-0.15, -0.1) is 0 Å². The molecular weight excluding hydrogens is 360 g/mol. The minimum Gasteiger partial charge on any atom is -0.496 e. The summed E-state index contributed by atoms with van der Waals surface area (Å²) in [7, 11) is 1.57. The average Bonchev–Trinajstić information content (AvgIpc) is 2.55. The van der Waals surface area contributed by atoms with Crippen molar-refractivity contribution in [2.75, 3.05) is 19.0 Å². The number of halogens is 1. The molecule has 120 valence electrons. The molecule has 0 aliphatic carbocycles. The Morgan fingerprint density at radius 1 is 1.04 bits per heavy atom. The number of rotatable bonds is 5. The Labute approximate surface area is 143 Å². The van der Waals surface area contributed by atoms with E-state index >= 15 is 0 Å². The van der Waals surface area contributed by atoms with Gasteiger partial charge in [-0.25, -0.2) is 0 Å².